The van der Waals surface area contributed by atoms with Crippen molar-refractivity contribution in [2.75, 3.05) is 5.75 Å². The lowest BCUT2D eigenvalue weighted by atomic mass is 9.84. The van der Waals surface area contributed by atoms with E-state index in [1.165, 1.54) is 50.7 Å². The summed E-state index contributed by atoms with van der Waals surface area (Å²) >= 11 is 0. The third kappa shape index (κ3) is 1.42. The van der Waals surface area contributed by atoms with Crippen molar-refractivity contribution in [3.8, 4) is 0 Å². The molecule has 0 amide bonds. The van der Waals surface area contributed by atoms with Gasteiger partial charge < -0.3 is 0 Å². The molecule has 0 aromatic heterocycles. The number of carbonyl (C=O) groups is 1. The SMILES string of the molecule is O=C(C1CCCCC1)C1C2CCC[S+]21. The third-order valence-electron chi connectivity index (χ3n) is 4.13. The van der Waals surface area contributed by atoms with Crippen molar-refractivity contribution < 1.29 is 4.79 Å². The Morgan fingerprint density at radius 1 is 1.00 bits per heavy atom. The highest BCUT2D eigenvalue weighted by atomic mass is 32.2. The summed E-state index contributed by atoms with van der Waals surface area (Å²) < 4.78 is 0. The molecule has 3 rings (SSSR count). The maximum Gasteiger partial charge on any atom is 0.223 e. The molecule has 2 heteroatoms. The molecule has 0 bridgehead atoms. The lowest BCUT2D eigenvalue weighted by Crippen LogP contribution is -2.25. The maximum absolute atomic E-state index is 12.2. The Hall–Kier alpha value is 0.0200. The fourth-order valence-electron chi connectivity index (χ4n) is 3.28. The molecule has 1 aliphatic carbocycles. The number of hydrogen-bond donors (Lipinski definition) is 0. The number of fused-ring (bicyclic) bond motifs is 1. The van der Waals surface area contributed by atoms with Crippen LogP contribution in [-0.2, 0) is 15.7 Å². The van der Waals surface area contributed by atoms with Crippen LogP contribution in [0, 0.1) is 5.92 Å². The highest BCUT2D eigenvalue weighted by Crippen LogP contribution is 2.47. The average Bonchev–Trinajstić information content (AvgIpc) is 2.72. The van der Waals surface area contributed by atoms with Gasteiger partial charge in [0, 0.05) is 23.2 Å². The van der Waals surface area contributed by atoms with Crippen LogP contribution < -0.4 is 0 Å². The first-order valence-corrected chi connectivity index (χ1v) is 7.62. The largest absolute Gasteiger partial charge is 0.294 e. The van der Waals surface area contributed by atoms with Crippen LogP contribution in [0.1, 0.15) is 44.9 Å². The van der Waals surface area contributed by atoms with Crippen LogP contribution in [0.5, 0.6) is 0 Å². The lowest BCUT2D eigenvalue weighted by molar-refractivity contribution is -0.122. The predicted octanol–water partition coefficient (Wildman–Crippen LogP) is 2.30. The number of Topliss-reactive ketones (excluding diaryl/α,β-unsaturated/α-hetero) is 1. The third-order valence-corrected chi connectivity index (χ3v) is 7.08. The summed E-state index contributed by atoms with van der Waals surface area (Å²) in [6.07, 6.45) is 9.17. The van der Waals surface area contributed by atoms with Crippen molar-refractivity contribution in [2.45, 2.75) is 55.4 Å². The van der Waals surface area contributed by atoms with Crippen LogP contribution in [0.25, 0.3) is 0 Å². The van der Waals surface area contributed by atoms with E-state index < -0.39 is 0 Å². The first kappa shape index (κ1) is 9.26. The van der Waals surface area contributed by atoms with Crippen LogP contribution in [0.15, 0.2) is 0 Å². The highest BCUT2D eigenvalue weighted by molar-refractivity contribution is 8.06. The first-order chi connectivity index (χ1) is 6.88. The Balaban J connectivity index is 1.60. The standard InChI is InChI=1S/C12H19OS/c13-11(9-5-2-1-3-6-9)12-10-7-4-8-14(10)12/h9-10,12H,1-8H2/q+1. The van der Waals surface area contributed by atoms with Gasteiger partial charge in [-0.25, -0.2) is 0 Å². The summed E-state index contributed by atoms with van der Waals surface area (Å²) in [6.45, 7) is 0. The second-order valence-corrected chi connectivity index (χ2v) is 7.47. The average molecular weight is 211 g/mol. The van der Waals surface area contributed by atoms with Gasteiger partial charge in [0.05, 0.1) is 0 Å². The van der Waals surface area contributed by atoms with Gasteiger partial charge in [-0.2, -0.15) is 0 Å². The highest BCUT2D eigenvalue weighted by Gasteiger charge is 2.69. The van der Waals surface area contributed by atoms with E-state index in [-0.39, 0.29) is 0 Å². The molecule has 0 spiro atoms. The molecule has 0 aromatic carbocycles. The Morgan fingerprint density at radius 3 is 2.43 bits per heavy atom. The Bertz CT molecular complexity index is 231. The summed E-state index contributed by atoms with van der Waals surface area (Å²) in [5.74, 6) is 2.54. The van der Waals surface area contributed by atoms with Gasteiger partial charge in [-0.1, -0.05) is 19.3 Å². The summed E-state index contributed by atoms with van der Waals surface area (Å²) in [5.41, 5.74) is 0. The van der Waals surface area contributed by atoms with E-state index in [0.29, 0.717) is 27.8 Å². The van der Waals surface area contributed by atoms with Gasteiger partial charge in [0.15, 0.2) is 11.0 Å². The van der Waals surface area contributed by atoms with Crippen molar-refractivity contribution in [3.63, 3.8) is 0 Å². The molecule has 2 aliphatic heterocycles. The molecule has 3 aliphatic rings. The predicted molar refractivity (Wildman–Crippen MR) is 60.6 cm³/mol. The zero-order chi connectivity index (χ0) is 9.54. The number of rotatable bonds is 2. The minimum absolute atomic E-state index is 0.479. The van der Waals surface area contributed by atoms with E-state index in [1.54, 1.807) is 0 Å². The molecule has 3 atom stereocenters. The van der Waals surface area contributed by atoms with E-state index in [1.807, 2.05) is 0 Å². The molecule has 0 N–H and O–H groups in total. The second-order valence-electron chi connectivity index (χ2n) is 5.01. The molecule has 78 valence electrons. The van der Waals surface area contributed by atoms with E-state index in [9.17, 15) is 4.79 Å². The van der Waals surface area contributed by atoms with Gasteiger partial charge in [-0.05, 0) is 19.3 Å². The van der Waals surface area contributed by atoms with E-state index in [2.05, 4.69) is 0 Å². The first-order valence-electron chi connectivity index (χ1n) is 6.10. The minimum atomic E-state index is 0.479. The van der Waals surface area contributed by atoms with Gasteiger partial charge in [0.25, 0.3) is 0 Å². The van der Waals surface area contributed by atoms with Crippen molar-refractivity contribution in [2.24, 2.45) is 5.92 Å². The van der Waals surface area contributed by atoms with Crippen molar-refractivity contribution in [3.05, 3.63) is 0 Å². The number of hydrogen-bond acceptors (Lipinski definition) is 1. The van der Waals surface area contributed by atoms with Crippen LogP contribution in [0.4, 0.5) is 0 Å². The fraction of sp³-hybridized carbons (Fsp3) is 0.917. The summed E-state index contributed by atoms with van der Waals surface area (Å²) in [5, 5.41) is 1.43. The van der Waals surface area contributed by atoms with Crippen molar-refractivity contribution in [1.29, 1.82) is 0 Å². The molecule has 3 fully saturated rings. The Kier molecular flexibility index (Phi) is 2.35. The van der Waals surface area contributed by atoms with E-state index in [4.69, 9.17) is 0 Å². The van der Waals surface area contributed by atoms with Gasteiger partial charge in [0.2, 0.25) is 5.25 Å². The maximum atomic E-state index is 12.2. The van der Waals surface area contributed by atoms with Gasteiger partial charge in [-0.15, -0.1) is 0 Å². The molecular formula is C12H19OS+. The van der Waals surface area contributed by atoms with Crippen LogP contribution >= 0.6 is 0 Å². The zero-order valence-corrected chi connectivity index (χ0v) is 9.52. The summed E-state index contributed by atoms with van der Waals surface area (Å²) in [7, 11) is 0.575. The van der Waals surface area contributed by atoms with Gasteiger partial charge >= 0.3 is 0 Å². The Morgan fingerprint density at radius 2 is 1.79 bits per heavy atom. The fourth-order valence-corrected chi connectivity index (χ4v) is 6.40. The topological polar surface area (TPSA) is 17.1 Å². The van der Waals surface area contributed by atoms with Crippen molar-refractivity contribution in [1.82, 2.24) is 0 Å². The lowest BCUT2D eigenvalue weighted by Gasteiger charge is -2.18. The molecule has 0 aromatic rings. The molecule has 1 saturated carbocycles. The molecule has 14 heavy (non-hydrogen) atoms. The smallest absolute Gasteiger partial charge is 0.223 e. The number of carbonyl (C=O) groups excluding carboxylic acids is 1. The van der Waals surface area contributed by atoms with E-state index >= 15 is 0 Å². The molecular weight excluding hydrogens is 192 g/mol. The van der Waals surface area contributed by atoms with E-state index in [0.717, 1.165) is 5.25 Å². The summed E-state index contributed by atoms with van der Waals surface area (Å²) in [6, 6.07) is 0. The van der Waals surface area contributed by atoms with Crippen molar-refractivity contribution >= 4 is 16.7 Å². The van der Waals surface area contributed by atoms with Crippen LogP contribution in [0.3, 0.4) is 0 Å². The monoisotopic (exact) mass is 211 g/mol. The quantitative estimate of drug-likeness (QED) is 0.506. The number of ketones is 1. The zero-order valence-electron chi connectivity index (χ0n) is 8.71. The molecule has 3 unspecified atom stereocenters. The minimum Gasteiger partial charge on any atom is -0.294 e. The van der Waals surface area contributed by atoms with Gasteiger partial charge in [0.1, 0.15) is 5.75 Å². The molecule has 1 nitrogen and oxygen atoms in total. The van der Waals surface area contributed by atoms with Gasteiger partial charge in [-0.3, -0.25) is 4.79 Å². The molecule has 2 heterocycles. The molecule has 2 saturated heterocycles. The molecule has 0 radical (unpaired) electrons. The summed E-state index contributed by atoms with van der Waals surface area (Å²) in [4.78, 5) is 12.2. The van der Waals surface area contributed by atoms with Crippen LogP contribution in [0.2, 0.25) is 0 Å². The Labute approximate surface area is 89.0 Å². The second kappa shape index (κ2) is 3.55. The normalized spacial score (nSPS) is 42.1. The van der Waals surface area contributed by atoms with Crippen LogP contribution in [-0.4, -0.2) is 22.0 Å².